The standard InChI is InChI=1S/C25H24N6O4/c1-31-11-19(18-8-23(29-15-32)27-10-21(18)31)20-9-22(34-12-16-2-5-26-14-28-16)17-3-6-35-25(24(17)30-20)4-7-33-13-25/h2,5,8-11,14-15H,3-4,6-7,12-13H2,1H3,(H,27,29,32). The molecular formula is C25H24N6O4. The van der Waals surface area contributed by atoms with Gasteiger partial charge in [-0.05, 0) is 12.1 Å². The number of pyridine rings is 2. The average molecular weight is 473 g/mol. The highest BCUT2D eigenvalue weighted by molar-refractivity contribution is 5.97. The molecule has 35 heavy (non-hydrogen) atoms. The number of hydrogen-bond acceptors (Lipinski definition) is 8. The average Bonchev–Trinajstić information content (AvgIpc) is 3.48. The van der Waals surface area contributed by atoms with Crippen LogP contribution in [0, 0.1) is 0 Å². The fraction of sp³-hybridized carbons (Fsp3) is 0.320. The van der Waals surface area contributed by atoms with Crippen molar-refractivity contribution in [3.05, 3.63) is 60.1 Å². The first kappa shape index (κ1) is 21.6. The highest BCUT2D eigenvalue weighted by Crippen LogP contribution is 2.44. The zero-order valence-corrected chi connectivity index (χ0v) is 19.2. The Labute approximate surface area is 201 Å². The Hall–Kier alpha value is -3.89. The van der Waals surface area contributed by atoms with E-state index in [0.717, 1.165) is 51.3 Å². The van der Waals surface area contributed by atoms with Crippen molar-refractivity contribution in [1.29, 1.82) is 0 Å². The van der Waals surface area contributed by atoms with Gasteiger partial charge in [0.2, 0.25) is 6.41 Å². The SMILES string of the molecule is Cn1cc(-c2cc(OCc3ccncn3)c3c(n2)C2(CCOC2)OCC3)c2cc(NC=O)ncc21. The number of amides is 1. The molecule has 1 N–H and O–H groups in total. The Morgan fingerprint density at radius 1 is 1.29 bits per heavy atom. The largest absolute Gasteiger partial charge is 0.487 e. The van der Waals surface area contributed by atoms with E-state index < -0.39 is 5.60 Å². The molecule has 0 saturated carbocycles. The summed E-state index contributed by atoms with van der Waals surface area (Å²) in [5, 5.41) is 3.56. The van der Waals surface area contributed by atoms with E-state index in [2.05, 4.69) is 20.3 Å². The number of anilines is 1. The summed E-state index contributed by atoms with van der Waals surface area (Å²) in [5.74, 6) is 1.23. The van der Waals surface area contributed by atoms with E-state index in [-0.39, 0.29) is 0 Å². The molecule has 0 aliphatic carbocycles. The van der Waals surface area contributed by atoms with Gasteiger partial charge in [-0.2, -0.15) is 0 Å². The van der Waals surface area contributed by atoms with Crippen LogP contribution in [0.2, 0.25) is 0 Å². The number of aryl methyl sites for hydroxylation is 1. The first-order chi connectivity index (χ1) is 17.2. The van der Waals surface area contributed by atoms with Gasteiger partial charge in [-0.25, -0.2) is 19.9 Å². The number of carbonyl (C=O) groups is 1. The maximum absolute atomic E-state index is 11.0. The molecule has 2 aliphatic rings. The van der Waals surface area contributed by atoms with E-state index in [1.807, 2.05) is 36.0 Å². The van der Waals surface area contributed by atoms with Crippen LogP contribution in [0.5, 0.6) is 5.75 Å². The minimum absolute atomic E-state index is 0.315. The smallest absolute Gasteiger partial charge is 0.212 e. The van der Waals surface area contributed by atoms with Gasteiger partial charge in [0.15, 0.2) is 0 Å². The van der Waals surface area contributed by atoms with E-state index >= 15 is 0 Å². The Morgan fingerprint density at radius 3 is 3.03 bits per heavy atom. The van der Waals surface area contributed by atoms with Crippen molar-refractivity contribution < 1.29 is 19.0 Å². The maximum atomic E-state index is 11.0. The van der Waals surface area contributed by atoms with Gasteiger partial charge in [0.1, 0.15) is 30.1 Å². The number of rotatable bonds is 6. The maximum Gasteiger partial charge on any atom is 0.212 e. The fourth-order valence-electron chi connectivity index (χ4n) is 4.87. The van der Waals surface area contributed by atoms with Crippen LogP contribution in [0.1, 0.15) is 23.4 Å². The molecule has 1 amide bonds. The third-order valence-corrected chi connectivity index (χ3v) is 6.61. The van der Waals surface area contributed by atoms with Crippen molar-refractivity contribution in [2.75, 3.05) is 25.1 Å². The van der Waals surface area contributed by atoms with E-state index in [0.29, 0.717) is 45.1 Å². The molecule has 178 valence electrons. The molecule has 4 aromatic heterocycles. The van der Waals surface area contributed by atoms with Crippen molar-refractivity contribution in [3.63, 3.8) is 0 Å². The molecule has 10 nitrogen and oxygen atoms in total. The molecule has 0 radical (unpaired) electrons. The van der Waals surface area contributed by atoms with Gasteiger partial charge in [0.25, 0.3) is 0 Å². The lowest BCUT2D eigenvalue weighted by Gasteiger charge is -2.34. The zero-order chi connectivity index (χ0) is 23.8. The topological polar surface area (TPSA) is 113 Å². The van der Waals surface area contributed by atoms with Crippen LogP contribution < -0.4 is 10.1 Å². The number of fused-ring (bicyclic) bond motifs is 3. The quantitative estimate of drug-likeness (QED) is 0.426. The summed E-state index contributed by atoms with van der Waals surface area (Å²) in [6.45, 7) is 2.00. The van der Waals surface area contributed by atoms with Crippen molar-refractivity contribution in [2.45, 2.75) is 25.0 Å². The lowest BCUT2D eigenvalue weighted by molar-refractivity contribution is -0.105. The Balaban J connectivity index is 1.51. The molecule has 2 aliphatic heterocycles. The number of aromatic nitrogens is 5. The second kappa shape index (κ2) is 8.71. The van der Waals surface area contributed by atoms with Crippen LogP contribution >= 0.6 is 0 Å². The van der Waals surface area contributed by atoms with Gasteiger partial charge >= 0.3 is 0 Å². The molecule has 1 fully saturated rings. The molecule has 1 spiro atoms. The molecular weight excluding hydrogens is 448 g/mol. The van der Waals surface area contributed by atoms with Crippen LogP contribution in [0.15, 0.2) is 43.1 Å². The molecule has 1 atom stereocenters. The van der Waals surface area contributed by atoms with Gasteiger partial charge in [0, 0.05) is 61.5 Å². The van der Waals surface area contributed by atoms with E-state index in [9.17, 15) is 4.79 Å². The van der Waals surface area contributed by atoms with Crippen LogP contribution in [0.3, 0.4) is 0 Å². The van der Waals surface area contributed by atoms with Crippen molar-refractivity contribution in [1.82, 2.24) is 24.5 Å². The van der Waals surface area contributed by atoms with Gasteiger partial charge in [0.05, 0.1) is 42.0 Å². The van der Waals surface area contributed by atoms with E-state index in [1.54, 1.807) is 12.4 Å². The molecule has 6 rings (SSSR count). The Bertz CT molecular complexity index is 1400. The molecule has 1 unspecified atom stereocenters. The molecule has 0 bridgehead atoms. The van der Waals surface area contributed by atoms with Gasteiger partial charge < -0.3 is 24.1 Å². The normalized spacial score (nSPS) is 19.1. The number of carbonyl (C=O) groups excluding carboxylic acids is 1. The van der Waals surface area contributed by atoms with Crippen LogP contribution in [-0.4, -0.2) is 50.7 Å². The van der Waals surface area contributed by atoms with Gasteiger partial charge in [-0.3, -0.25) is 4.79 Å². The highest BCUT2D eigenvalue weighted by atomic mass is 16.6. The lowest BCUT2D eigenvalue weighted by atomic mass is 9.89. The number of nitrogens with one attached hydrogen (secondary N) is 1. The van der Waals surface area contributed by atoms with E-state index in [4.69, 9.17) is 19.2 Å². The fourth-order valence-corrected chi connectivity index (χ4v) is 4.87. The molecule has 4 aromatic rings. The molecule has 6 heterocycles. The summed E-state index contributed by atoms with van der Waals surface area (Å²) in [6.07, 6.45) is 9.04. The number of hydrogen-bond donors (Lipinski definition) is 1. The summed E-state index contributed by atoms with van der Waals surface area (Å²) in [5.41, 5.74) is 4.72. The molecule has 0 aromatic carbocycles. The summed E-state index contributed by atoms with van der Waals surface area (Å²) >= 11 is 0. The van der Waals surface area contributed by atoms with Crippen LogP contribution in [0.4, 0.5) is 5.82 Å². The summed E-state index contributed by atoms with van der Waals surface area (Å²) < 4.78 is 20.4. The van der Waals surface area contributed by atoms with Gasteiger partial charge in [-0.15, -0.1) is 0 Å². The third-order valence-electron chi connectivity index (χ3n) is 6.61. The Morgan fingerprint density at radius 2 is 2.23 bits per heavy atom. The molecule has 1 saturated heterocycles. The zero-order valence-electron chi connectivity index (χ0n) is 19.2. The first-order valence-corrected chi connectivity index (χ1v) is 11.5. The van der Waals surface area contributed by atoms with Crippen molar-refractivity contribution in [2.24, 2.45) is 7.05 Å². The second-order valence-electron chi connectivity index (χ2n) is 8.72. The monoisotopic (exact) mass is 472 g/mol. The minimum Gasteiger partial charge on any atom is -0.487 e. The highest BCUT2D eigenvalue weighted by Gasteiger charge is 2.44. The second-order valence-corrected chi connectivity index (χ2v) is 8.72. The van der Waals surface area contributed by atoms with Crippen LogP contribution in [0.25, 0.3) is 22.2 Å². The number of ether oxygens (including phenoxy) is 3. The Kier molecular flexibility index (Phi) is 5.39. The van der Waals surface area contributed by atoms with E-state index in [1.165, 1.54) is 6.33 Å². The van der Waals surface area contributed by atoms with Crippen LogP contribution in [-0.2, 0) is 39.9 Å². The third kappa shape index (κ3) is 3.80. The predicted molar refractivity (Wildman–Crippen MR) is 127 cm³/mol. The summed E-state index contributed by atoms with van der Waals surface area (Å²) in [6, 6.07) is 5.67. The summed E-state index contributed by atoms with van der Waals surface area (Å²) in [7, 11) is 1.96. The predicted octanol–water partition coefficient (Wildman–Crippen LogP) is 2.76. The number of nitrogens with zero attached hydrogens (tertiary/aromatic N) is 5. The molecule has 10 heteroatoms. The summed E-state index contributed by atoms with van der Waals surface area (Å²) in [4.78, 5) is 28.7. The lowest BCUT2D eigenvalue weighted by Crippen LogP contribution is -2.37. The van der Waals surface area contributed by atoms with Gasteiger partial charge in [-0.1, -0.05) is 0 Å². The first-order valence-electron chi connectivity index (χ1n) is 11.5. The van der Waals surface area contributed by atoms with Crippen molar-refractivity contribution >= 4 is 23.1 Å². The van der Waals surface area contributed by atoms with Crippen molar-refractivity contribution in [3.8, 4) is 17.0 Å². The minimum atomic E-state index is -0.576.